The molecule has 0 radical (unpaired) electrons. The molecule has 104 valence electrons. The number of carbonyl (C=O) groups excluding carboxylic acids is 2. The molecule has 1 aromatic rings. The molecule has 1 heterocycles. The molecule has 0 bridgehead atoms. The summed E-state index contributed by atoms with van der Waals surface area (Å²) in [4.78, 5) is 27.2. The minimum atomic E-state index is -0.470. The van der Waals surface area contributed by atoms with Crippen LogP contribution >= 0.6 is 0 Å². The molecule has 0 aromatic carbocycles. The van der Waals surface area contributed by atoms with Crippen molar-refractivity contribution in [2.75, 3.05) is 0 Å². The first-order valence-electron chi connectivity index (χ1n) is 6.46. The highest BCUT2D eigenvalue weighted by molar-refractivity contribution is 5.95. The summed E-state index contributed by atoms with van der Waals surface area (Å²) in [5.41, 5.74) is 7.72. The monoisotopic (exact) mass is 263 g/mol. The van der Waals surface area contributed by atoms with Crippen molar-refractivity contribution in [3.05, 3.63) is 29.1 Å². The van der Waals surface area contributed by atoms with E-state index in [2.05, 4.69) is 10.3 Å². The molecule has 0 aliphatic rings. The number of nitrogens with one attached hydrogen (secondary N) is 1. The van der Waals surface area contributed by atoms with Gasteiger partial charge in [0.15, 0.2) is 5.78 Å². The third-order valence-corrected chi connectivity index (χ3v) is 2.90. The zero-order valence-electron chi connectivity index (χ0n) is 11.7. The fourth-order valence-corrected chi connectivity index (χ4v) is 1.83. The van der Waals surface area contributed by atoms with E-state index in [1.165, 1.54) is 6.92 Å². The van der Waals surface area contributed by atoms with Crippen LogP contribution in [0.3, 0.4) is 0 Å². The summed E-state index contributed by atoms with van der Waals surface area (Å²) in [7, 11) is 0. The number of aryl methyl sites for hydroxylation is 1. The number of nitrogens with zero attached hydrogens (tertiary/aromatic N) is 1. The quantitative estimate of drug-likeness (QED) is 0.758. The Hall–Kier alpha value is -1.75. The van der Waals surface area contributed by atoms with Gasteiger partial charge in [-0.15, -0.1) is 0 Å². The average molecular weight is 263 g/mol. The maximum absolute atomic E-state index is 11.6. The number of pyridine rings is 1. The van der Waals surface area contributed by atoms with E-state index in [1.807, 2.05) is 6.92 Å². The largest absolute Gasteiger partial charge is 0.349 e. The van der Waals surface area contributed by atoms with Gasteiger partial charge in [0.25, 0.3) is 0 Å². The molecule has 5 nitrogen and oxygen atoms in total. The van der Waals surface area contributed by atoms with Gasteiger partial charge in [-0.2, -0.15) is 0 Å². The predicted molar refractivity (Wildman–Crippen MR) is 73.7 cm³/mol. The molecule has 0 fully saturated rings. The molecule has 19 heavy (non-hydrogen) atoms. The lowest BCUT2D eigenvalue weighted by atomic mass is 10.1. The van der Waals surface area contributed by atoms with Crippen LogP contribution in [0.2, 0.25) is 0 Å². The Balaban J connectivity index is 2.61. The standard InChI is InChI=1S/C14H21N3O2/c1-4-5-13(15)14(19)16-8-11-6-7-12(10(3)18)9(2)17-11/h6-7,13H,4-5,8,15H2,1-3H3,(H,16,19). The summed E-state index contributed by atoms with van der Waals surface area (Å²) in [6, 6.07) is 3.01. The molecule has 0 spiro atoms. The van der Waals surface area contributed by atoms with Crippen molar-refractivity contribution in [1.82, 2.24) is 10.3 Å². The molecule has 0 saturated carbocycles. The number of hydrogen-bond acceptors (Lipinski definition) is 4. The third-order valence-electron chi connectivity index (χ3n) is 2.90. The maximum atomic E-state index is 11.6. The molecule has 1 amide bonds. The second-order valence-corrected chi connectivity index (χ2v) is 4.60. The lowest BCUT2D eigenvalue weighted by molar-refractivity contribution is -0.122. The van der Waals surface area contributed by atoms with E-state index < -0.39 is 6.04 Å². The van der Waals surface area contributed by atoms with E-state index in [1.54, 1.807) is 19.1 Å². The second kappa shape index (κ2) is 6.99. The van der Waals surface area contributed by atoms with Crippen LogP contribution in [0.1, 0.15) is 48.4 Å². The average Bonchev–Trinajstić information content (AvgIpc) is 2.35. The van der Waals surface area contributed by atoms with Gasteiger partial charge in [-0.05, 0) is 32.4 Å². The van der Waals surface area contributed by atoms with Gasteiger partial charge < -0.3 is 11.1 Å². The van der Waals surface area contributed by atoms with Gasteiger partial charge in [-0.25, -0.2) is 0 Å². The van der Waals surface area contributed by atoms with Gasteiger partial charge in [-0.1, -0.05) is 13.3 Å². The zero-order valence-corrected chi connectivity index (χ0v) is 11.7. The molecular weight excluding hydrogens is 242 g/mol. The van der Waals surface area contributed by atoms with Crippen LogP contribution in [0, 0.1) is 6.92 Å². The van der Waals surface area contributed by atoms with Gasteiger partial charge in [-0.3, -0.25) is 14.6 Å². The van der Waals surface area contributed by atoms with E-state index in [0.717, 1.165) is 12.1 Å². The van der Waals surface area contributed by atoms with E-state index in [0.29, 0.717) is 24.2 Å². The third kappa shape index (κ3) is 4.44. The van der Waals surface area contributed by atoms with Crippen molar-refractivity contribution in [3.8, 4) is 0 Å². The molecule has 1 atom stereocenters. The normalized spacial score (nSPS) is 12.0. The summed E-state index contributed by atoms with van der Waals surface area (Å²) in [6.07, 6.45) is 1.54. The van der Waals surface area contributed by atoms with Crippen LogP contribution in [-0.4, -0.2) is 22.7 Å². The molecule has 0 aliphatic heterocycles. The summed E-state index contributed by atoms with van der Waals surface area (Å²) in [5.74, 6) is -0.178. The highest BCUT2D eigenvalue weighted by Gasteiger charge is 2.12. The molecule has 1 unspecified atom stereocenters. The fraction of sp³-hybridized carbons (Fsp3) is 0.500. The van der Waals surface area contributed by atoms with Gasteiger partial charge in [0.2, 0.25) is 5.91 Å². The molecular formula is C14H21N3O2. The van der Waals surface area contributed by atoms with Crippen LogP contribution in [0.15, 0.2) is 12.1 Å². The highest BCUT2D eigenvalue weighted by Crippen LogP contribution is 2.07. The first kappa shape index (κ1) is 15.3. The fourth-order valence-electron chi connectivity index (χ4n) is 1.83. The molecule has 1 rings (SSSR count). The number of Topliss-reactive ketones (excluding diaryl/α,β-unsaturated/α-hetero) is 1. The Morgan fingerprint density at radius 3 is 2.63 bits per heavy atom. The smallest absolute Gasteiger partial charge is 0.237 e. The Morgan fingerprint density at radius 2 is 2.11 bits per heavy atom. The summed E-state index contributed by atoms with van der Waals surface area (Å²) >= 11 is 0. The van der Waals surface area contributed by atoms with Crippen LogP contribution in [0.25, 0.3) is 0 Å². The van der Waals surface area contributed by atoms with Crippen LogP contribution < -0.4 is 11.1 Å². The zero-order chi connectivity index (χ0) is 14.4. The highest BCUT2D eigenvalue weighted by atomic mass is 16.2. The summed E-state index contributed by atoms with van der Waals surface area (Å²) < 4.78 is 0. The summed E-state index contributed by atoms with van der Waals surface area (Å²) in [6.45, 7) is 5.61. The number of rotatable bonds is 6. The van der Waals surface area contributed by atoms with Crippen LogP contribution in [0.4, 0.5) is 0 Å². The van der Waals surface area contributed by atoms with E-state index in [4.69, 9.17) is 5.73 Å². The van der Waals surface area contributed by atoms with E-state index >= 15 is 0 Å². The molecule has 3 N–H and O–H groups in total. The molecule has 0 saturated heterocycles. The Kier molecular flexibility index (Phi) is 5.63. The molecule has 5 heteroatoms. The first-order valence-corrected chi connectivity index (χ1v) is 6.46. The lowest BCUT2D eigenvalue weighted by Crippen LogP contribution is -2.40. The number of ketones is 1. The topological polar surface area (TPSA) is 85.1 Å². The lowest BCUT2D eigenvalue weighted by Gasteiger charge is -2.11. The number of carbonyl (C=O) groups is 2. The van der Waals surface area contributed by atoms with Gasteiger partial charge in [0.05, 0.1) is 18.3 Å². The minimum absolute atomic E-state index is 0.00875. The Morgan fingerprint density at radius 1 is 1.42 bits per heavy atom. The minimum Gasteiger partial charge on any atom is -0.349 e. The second-order valence-electron chi connectivity index (χ2n) is 4.60. The number of nitrogens with two attached hydrogens (primary N) is 1. The van der Waals surface area contributed by atoms with Crippen LogP contribution in [-0.2, 0) is 11.3 Å². The van der Waals surface area contributed by atoms with Crippen molar-refractivity contribution in [2.24, 2.45) is 5.73 Å². The molecule has 0 aliphatic carbocycles. The van der Waals surface area contributed by atoms with Crippen LogP contribution in [0.5, 0.6) is 0 Å². The Bertz CT molecular complexity index is 472. The number of hydrogen-bond donors (Lipinski definition) is 2. The van der Waals surface area contributed by atoms with Gasteiger partial charge >= 0.3 is 0 Å². The van der Waals surface area contributed by atoms with Crippen molar-refractivity contribution >= 4 is 11.7 Å². The molecule has 1 aromatic heterocycles. The van der Waals surface area contributed by atoms with Gasteiger partial charge in [0, 0.05) is 11.3 Å². The van der Waals surface area contributed by atoms with Crippen molar-refractivity contribution in [2.45, 2.75) is 46.2 Å². The Labute approximate surface area is 113 Å². The van der Waals surface area contributed by atoms with Crippen molar-refractivity contribution < 1.29 is 9.59 Å². The van der Waals surface area contributed by atoms with Crippen molar-refractivity contribution in [3.63, 3.8) is 0 Å². The van der Waals surface area contributed by atoms with E-state index in [9.17, 15) is 9.59 Å². The number of aromatic nitrogens is 1. The van der Waals surface area contributed by atoms with E-state index in [-0.39, 0.29) is 11.7 Å². The maximum Gasteiger partial charge on any atom is 0.237 e. The predicted octanol–water partition coefficient (Wildman–Crippen LogP) is 1.34. The first-order chi connectivity index (χ1) is 8.95. The SMILES string of the molecule is CCCC(N)C(=O)NCc1ccc(C(C)=O)c(C)n1. The van der Waals surface area contributed by atoms with Crippen molar-refractivity contribution in [1.29, 1.82) is 0 Å². The summed E-state index contributed by atoms with van der Waals surface area (Å²) in [5, 5.41) is 2.75. The number of amides is 1. The van der Waals surface area contributed by atoms with Gasteiger partial charge in [0.1, 0.15) is 0 Å².